The molecule has 0 aliphatic carbocycles. The molecule has 4 aromatic carbocycles. The third-order valence-corrected chi connectivity index (χ3v) is 131. The lowest BCUT2D eigenvalue weighted by Gasteiger charge is -2.28. The summed E-state index contributed by atoms with van der Waals surface area (Å²) in [5.74, 6) is 0.0747. The third-order valence-electron chi connectivity index (χ3n) is 7.18. The molecule has 0 aliphatic heterocycles. The van der Waals surface area contributed by atoms with E-state index in [4.69, 9.17) is 35.7 Å². The Balaban J connectivity index is 0.000000640. The Morgan fingerprint density at radius 1 is 0.271 bits per heavy atom. The van der Waals surface area contributed by atoms with E-state index >= 15 is 0 Å². The predicted octanol–water partition coefficient (Wildman–Crippen LogP) is 6.56. The van der Waals surface area contributed by atoms with Crippen molar-refractivity contribution in [1.82, 2.24) is 0 Å². The Morgan fingerprint density at radius 2 is 0.438 bits per heavy atom. The van der Waals surface area contributed by atoms with Crippen molar-refractivity contribution in [3.05, 3.63) is 135 Å². The van der Waals surface area contributed by atoms with E-state index in [-0.39, 0.29) is 11.6 Å². The molecule has 0 saturated carbocycles. The number of hydrogen-bond acceptors (Lipinski definition) is 7. The smallest absolute Gasteiger partial charge is 0.370 e. The summed E-state index contributed by atoms with van der Waals surface area (Å²) in [5, 5.41) is 0.873. The second kappa shape index (κ2) is 79.8. The summed E-state index contributed by atoms with van der Waals surface area (Å²) < 4.78 is 18.8. The van der Waals surface area contributed by atoms with Crippen LogP contribution < -0.4 is 5.19 Å². The van der Waals surface area contributed by atoms with Crippen LogP contribution in [0, 0.1) is 3.57 Å². The molecule has 0 heterocycles. The topological polar surface area (TPSA) is 61.8 Å². The Labute approximate surface area is 739 Å². The van der Waals surface area contributed by atoms with Crippen LogP contribution in [0.4, 0.5) is 0 Å². The van der Waals surface area contributed by atoms with E-state index in [1.165, 1.54) is 17.8 Å². The van der Waals surface area contributed by atoms with Crippen LogP contribution >= 0.6 is 22.6 Å². The molecule has 0 bridgehead atoms. The van der Waals surface area contributed by atoms with Crippen molar-refractivity contribution in [2.75, 3.05) is 19.8 Å². The second-order valence-corrected chi connectivity index (χ2v) is 113. The maximum Gasteiger partial charge on any atom is 0.537 e. The fourth-order valence-corrected chi connectivity index (χ4v) is 153. The highest BCUT2D eigenvalue weighted by molar-refractivity contribution is 14.1. The van der Waals surface area contributed by atoms with E-state index in [9.17, 15) is 9.59 Å². The predicted molar refractivity (Wildman–Crippen MR) is 585 cm³/mol. The number of carbonyl (C=O) groups excluding carboxylic acids is 2. The Kier molecular flexibility index (Phi) is 84.5. The van der Waals surface area contributed by atoms with Gasteiger partial charge in [0.1, 0.15) is 0 Å². The van der Waals surface area contributed by atoms with Crippen molar-refractivity contribution < 1.29 is 22.9 Å². The van der Waals surface area contributed by atoms with Gasteiger partial charge < -0.3 is 13.3 Å². The van der Waals surface area contributed by atoms with E-state index in [1.54, 1.807) is 107 Å². The van der Waals surface area contributed by atoms with Gasteiger partial charge in [0.2, 0.25) is 0 Å². The molecule has 544 valence electrons. The van der Waals surface area contributed by atoms with Gasteiger partial charge in [0.05, 0.1) is 0 Å². The van der Waals surface area contributed by atoms with Crippen molar-refractivity contribution in [3.63, 3.8) is 0 Å². The minimum Gasteiger partial charge on any atom is -0.370 e. The number of carbonyl (C=O) groups is 2. The molecular weight excluding hydrogens is 2450 g/mol. The summed E-state index contributed by atoms with van der Waals surface area (Å²) in [7, 11) is 95.6. The number of benzene rings is 4. The molecular formula is C32H33IO5S57Si. The first-order chi connectivity index (χ1) is 47.3. The Bertz CT molecular complexity index is 5800. The summed E-state index contributed by atoms with van der Waals surface area (Å²) in [6.07, 6.45) is 0. The number of halogens is 1. The molecule has 0 fully saturated rings. The largest absolute Gasteiger partial charge is 0.537 e. The van der Waals surface area contributed by atoms with Crippen LogP contribution in [0.1, 0.15) is 52.6 Å². The summed E-state index contributed by atoms with van der Waals surface area (Å²) in [6.45, 7) is 7.30. The molecule has 64 heteroatoms. The molecule has 0 N–H and O–H groups in total. The summed E-state index contributed by atoms with van der Waals surface area (Å²) in [4.78, 5) is 24.5. The van der Waals surface area contributed by atoms with Crippen LogP contribution in [0.5, 0.6) is 0 Å². The average Bonchev–Trinajstić information content (AvgIpc) is 0.833. The Hall–Kier alpha value is 9.59. The van der Waals surface area contributed by atoms with Crippen LogP contribution in [0.15, 0.2) is 109 Å². The number of ketones is 2. The maximum atomic E-state index is 12.5. The van der Waals surface area contributed by atoms with E-state index < -0.39 is 8.80 Å². The Morgan fingerprint density at radius 3 is 0.615 bits per heavy atom. The lowest BCUT2D eigenvalue weighted by Crippen LogP contribution is -2.56. The van der Waals surface area contributed by atoms with E-state index in [1.807, 2.05) is 494 Å². The average molecular weight is 2480 g/mol. The van der Waals surface area contributed by atoms with Gasteiger partial charge in [0.25, 0.3) is 0 Å². The van der Waals surface area contributed by atoms with Gasteiger partial charge in [-0.2, -0.15) is 0 Å². The van der Waals surface area contributed by atoms with Gasteiger partial charge in [-0.15, -0.1) is 0 Å². The fraction of sp³-hybridized carbons (Fsp3) is 0.188. The first-order valence-electron chi connectivity index (χ1n) is 22.2. The van der Waals surface area contributed by atoms with Crippen LogP contribution in [0.2, 0.25) is 0 Å². The van der Waals surface area contributed by atoms with Crippen LogP contribution in [0.25, 0.3) is 0 Å². The van der Waals surface area contributed by atoms with E-state index in [0.717, 1.165) is 19.9 Å². The molecule has 4 rings (SSSR count). The molecule has 0 spiro atoms. The van der Waals surface area contributed by atoms with Crippen LogP contribution in [-0.2, 0) is 524 Å². The molecule has 0 amide bonds. The van der Waals surface area contributed by atoms with Crippen molar-refractivity contribution >= 4 is 559 Å². The number of rotatable bonds is 11. The first kappa shape index (κ1) is 102. The summed E-state index contributed by atoms with van der Waals surface area (Å²) in [6, 6.07) is 33.5. The van der Waals surface area contributed by atoms with Gasteiger partial charge in [-0.25, -0.2) is 0 Å². The van der Waals surface area contributed by atoms with Gasteiger partial charge in [0, 0.05) is 562 Å². The van der Waals surface area contributed by atoms with E-state index in [2.05, 4.69) is 22.6 Å². The number of hydrogen-bond donors (Lipinski definition) is 0. The summed E-state index contributed by atoms with van der Waals surface area (Å²) >= 11 is 11.9. The van der Waals surface area contributed by atoms with Gasteiger partial charge >= 0.3 is 8.80 Å². The molecule has 96 heavy (non-hydrogen) atoms. The van der Waals surface area contributed by atoms with Gasteiger partial charge in [-0.3, -0.25) is 9.59 Å². The van der Waals surface area contributed by atoms with E-state index in [0.29, 0.717) is 30.9 Å². The highest BCUT2D eigenvalue weighted by Crippen LogP contribution is 2.15. The maximum absolute atomic E-state index is 12.5. The molecule has 0 atom stereocenters. The highest BCUT2D eigenvalue weighted by Gasteiger charge is 2.43. The zero-order valence-electron chi connectivity index (χ0n) is 45.7. The zero-order chi connectivity index (χ0) is 69.0. The lowest BCUT2D eigenvalue weighted by atomic mass is 10.0. The van der Waals surface area contributed by atoms with Crippen molar-refractivity contribution in [1.29, 1.82) is 0 Å². The van der Waals surface area contributed by atoms with Crippen molar-refractivity contribution in [2.24, 2.45) is 0 Å². The minimum absolute atomic E-state index is 0.00125. The molecule has 0 radical (unpaired) electrons. The standard InChI is InChI=1S/C19H24O4Si.C13H9IO.S57/c1-4-21-24(22-5-2,23-6-3)18-14-12-17(13-15-18)19(20)16-10-8-7-9-11-16;14-12-8-6-11(7-9-12)13(15)10-4-2-1-3-5-10;1-3-5-7-9-11-13-15-17-19-21-23-25-27-29-31-33-35-37-39-41-43-45-47-49-51-53-55-57-56-54-52-50-48-46-44-42-40-38-36-34-32-30-28-26-24-22-20-18-16-14-12-10-8-6-4-2/h7-15H,4-6H2,1-3H3;1-9H;. The normalized spacial score (nSPS) is 9.04. The first-order valence-corrected chi connectivity index (χ1v) is 99.7. The molecule has 0 aliphatic rings. The quantitative estimate of drug-likeness (QED) is 0.0960. The third kappa shape index (κ3) is 61.1. The molecule has 0 unspecified atom stereocenters. The molecule has 0 aromatic heterocycles. The lowest BCUT2D eigenvalue weighted by molar-refractivity contribution is 0.0858. The van der Waals surface area contributed by atoms with Gasteiger partial charge in [-0.1, -0.05) is 84.9 Å². The van der Waals surface area contributed by atoms with Gasteiger partial charge in [0.15, 0.2) is 11.6 Å². The van der Waals surface area contributed by atoms with Crippen LogP contribution in [0.3, 0.4) is 0 Å². The second-order valence-electron chi connectivity index (χ2n) is 12.1. The summed E-state index contributed by atoms with van der Waals surface area (Å²) in [5.41, 5.74) is 2.78. The van der Waals surface area contributed by atoms with Crippen molar-refractivity contribution in [3.8, 4) is 0 Å². The zero-order valence-corrected chi connectivity index (χ0v) is 95.4. The molecule has 5 nitrogen and oxygen atoms in total. The van der Waals surface area contributed by atoms with Gasteiger partial charge in [-0.05, 0) is 67.6 Å². The molecule has 0 saturated heterocycles. The monoisotopic (exact) mass is 2470 g/mol. The minimum atomic E-state index is -2.92. The highest BCUT2D eigenvalue weighted by atomic mass is 127. The van der Waals surface area contributed by atoms with Crippen LogP contribution in [-0.4, -0.2) is 40.2 Å². The van der Waals surface area contributed by atoms with Crippen molar-refractivity contribution in [2.45, 2.75) is 20.8 Å². The molecule has 4 aromatic rings. The fourth-order valence-electron chi connectivity index (χ4n) is 4.49. The SMILES string of the molecule is CCO[Si](OCC)(OCC)c1ccc(C(=O)c2ccccc2)cc1.O=C(c1ccccc1)c1ccc(I)cc1.S=S=S=S=S=S=S=S=S=S=S=S=S=S=S=S=S=S=S=S=S=S=S=S=S=S=S=S=S=S=S=S=S=S=S=S=S=S=S=S=S=S=S=S=S=S=S=S=S=S=S=S=S=S=S=S=S.